The van der Waals surface area contributed by atoms with Crippen LogP contribution in [0.1, 0.15) is 23.1 Å². The number of halogens is 1. The second kappa shape index (κ2) is 6.33. The van der Waals surface area contributed by atoms with Gasteiger partial charge in [0.15, 0.2) is 0 Å². The van der Waals surface area contributed by atoms with E-state index in [1.807, 2.05) is 19.9 Å². The minimum absolute atomic E-state index is 0.110. The first kappa shape index (κ1) is 12.8. The fraction of sp³-hybridized carbons (Fsp3) is 0.455. The number of aromatic nitrogens is 2. The summed E-state index contributed by atoms with van der Waals surface area (Å²) in [5.41, 5.74) is 1.45. The van der Waals surface area contributed by atoms with E-state index < -0.39 is 0 Å². The summed E-state index contributed by atoms with van der Waals surface area (Å²) in [5.74, 6) is 0.351. The highest BCUT2D eigenvalue weighted by atomic mass is 35.5. The molecule has 0 saturated heterocycles. The minimum atomic E-state index is -0.110. The van der Waals surface area contributed by atoms with Gasteiger partial charge in [0.1, 0.15) is 5.69 Å². The molecule has 1 aromatic heterocycles. The van der Waals surface area contributed by atoms with Crippen molar-refractivity contribution >= 4 is 17.5 Å². The van der Waals surface area contributed by atoms with Gasteiger partial charge in [-0.05, 0) is 19.9 Å². The zero-order valence-corrected chi connectivity index (χ0v) is 10.3. The lowest BCUT2D eigenvalue weighted by atomic mass is 10.3. The lowest BCUT2D eigenvalue weighted by Crippen LogP contribution is -2.26. The summed E-state index contributed by atoms with van der Waals surface area (Å²) in [5, 5.41) is 6.99. The topological polar surface area (TPSA) is 46.9 Å². The van der Waals surface area contributed by atoms with Gasteiger partial charge in [-0.15, -0.1) is 11.6 Å². The number of amides is 1. The third kappa shape index (κ3) is 3.38. The van der Waals surface area contributed by atoms with E-state index in [-0.39, 0.29) is 5.91 Å². The van der Waals surface area contributed by atoms with Crippen LogP contribution in [-0.2, 0) is 6.54 Å². The van der Waals surface area contributed by atoms with Gasteiger partial charge in [-0.25, -0.2) is 0 Å². The van der Waals surface area contributed by atoms with E-state index in [0.717, 1.165) is 5.69 Å². The van der Waals surface area contributed by atoms with Crippen molar-refractivity contribution in [3.63, 3.8) is 0 Å². The molecule has 5 heteroatoms. The van der Waals surface area contributed by atoms with E-state index in [1.165, 1.54) is 0 Å². The molecule has 0 bridgehead atoms. The van der Waals surface area contributed by atoms with Crippen molar-refractivity contribution in [1.82, 2.24) is 15.1 Å². The van der Waals surface area contributed by atoms with E-state index in [0.29, 0.717) is 24.7 Å². The summed E-state index contributed by atoms with van der Waals surface area (Å²) < 4.78 is 1.69. The number of nitrogens with zero attached hydrogens (tertiary/aromatic N) is 2. The molecule has 1 aromatic rings. The Bertz CT molecular complexity index is 385. The first-order valence-electron chi connectivity index (χ1n) is 5.22. The van der Waals surface area contributed by atoms with Crippen molar-refractivity contribution in [3.8, 4) is 0 Å². The van der Waals surface area contributed by atoms with Crippen molar-refractivity contribution in [2.75, 3.05) is 12.4 Å². The fourth-order valence-corrected chi connectivity index (χ4v) is 1.48. The largest absolute Gasteiger partial charge is 0.347 e. The monoisotopic (exact) mass is 241 g/mol. The number of carbonyl (C=O) groups excluding carboxylic acids is 1. The SMILES string of the molecule is CCn1nc(C)cc1C(=O)NC/C=C/CCl. The van der Waals surface area contributed by atoms with Crippen molar-refractivity contribution < 1.29 is 4.79 Å². The third-order valence-electron chi connectivity index (χ3n) is 2.07. The summed E-state index contributed by atoms with van der Waals surface area (Å²) in [6, 6.07) is 1.78. The van der Waals surface area contributed by atoms with E-state index in [9.17, 15) is 4.79 Å². The van der Waals surface area contributed by atoms with Crippen LogP contribution in [0.5, 0.6) is 0 Å². The van der Waals surface area contributed by atoms with Crippen molar-refractivity contribution in [2.45, 2.75) is 20.4 Å². The Morgan fingerprint density at radius 1 is 1.62 bits per heavy atom. The summed E-state index contributed by atoms with van der Waals surface area (Å²) in [4.78, 5) is 11.8. The maximum absolute atomic E-state index is 11.8. The minimum Gasteiger partial charge on any atom is -0.347 e. The second-order valence-electron chi connectivity index (χ2n) is 3.32. The molecule has 1 rings (SSSR count). The highest BCUT2D eigenvalue weighted by molar-refractivity contribution is 6.18. The quantitative estimate of drug-likeness (QED) is 0.631. The normalized spacial score (nSPS) is 10.9. The molecule has 0 aromatic carbocycles. The molecule has 0 saturated carbocycles. The highest BCUT2D eigenvalue weighted by Gasteiger charge is 2.11. The van der Waals surface area contributed by atoms with Crippen LogP contribution in [0.4, 0.5) is 0 Å². The number of hydrogen-bond donors (Lipinski definition) is 1. The van der Waals surface area contributed by atoms with Gasteiger partial charge in [0.2, 0.25) is 0 Å². The molecule has 0 fully saturated rings. The number of alkyl halides is 1. The summed E-state index contributed by atoms with van der Waals surface area (Å²) in [6.07, 6.45) is 3.62. The van der Waals surface area contributed by atoms with Gasteiger partial charge in [0.25, 0.3) is 5.91 Å². The van der Waals surface area contributed by atoms with E-state index in [2.05, 4.69) is 10.4 Å². The first-order chi connectivity index (χ1) is 7.69. The predicted molar refractivity (Wildman–Crippen MR) is 64.8 cm³/mol. The van der Waals surface area contributed by atoms with Crippen LogP contribution in [0.25, 0.3) is 0 Å². The van der Waals surface area contributed by atoms with Gasteiger partial charge in [0, 0.05) is 19.0 Å². The molecule has 1 heterocycles. The molecule has 0 spiro atoms. The van der Waals surface area contributed by atoms with Crippen LogP contribution >= 0.6 is 11.6 Å². The lowest BCUT2D eigenvalue weighted by Gasteiger charge is -2.04. The number of nitrogens with one attached hydrogen (secondary N) is 1. The zero-order valence-electron chi connectivity index (χ0n) is 9.53. The van der Waals surface area contributed by atoms with Crippen molar-refractivity contribution in [2.24, 2.45) is 0 Å². The molecule has 0 aliphatic heterocycles. The van der Waals surface area contributed by atoms with E-state index in [1.54, 1.807) is 16.8 Å². The maximum atomic E-state index is 11.8. The van der Waals surface area contributed by atoms with Gasteiger partial charge in [-0.3, -0.25) is 9.48 Å². The van der Waals surface area contributed by atoms with Crippen LogP contribution in [0, 0.1) is 6.92 Å². The Morgan fingerprint density at radius 3 is 3.00 bits per heavy atom. The van der Waals surface area contributed by atoms with Crippen LogP contribution in [0.3, 0.4) is 0 Å². The molecule has 0 atom stereocenters. The van der Waals surface area contributed by atoms with E-state index >= 15 is 0 Å². The maximum Gasteiger partial charge on any atom is 0.269 e. The molecular weight excluding hydrogens is 226 g/mol. The molecule has 1 N–H and O–H groups in total. The van der Waals surface area contributed by atoms with Crippen LogP contribution in [0.2, 0.25) is 0 Å². The molecule has 0 radical (unpaired) electrons. The Kier molecular flexibility index (Phi) is 5.05. The smallest absolute Gasteiger partial charge is 0.269 e. The number of allylic oxidation sites excluding steroid dienone is 1. The average molecular weight is 242 g/mol. The van der Waals surface area contributed by atoms with Gasteiger partial charge >= 0.3 is 0 Å². The molecule has 0 aliphatic carbocycles. The van der Waals surface area contributed by atoms with Gasteiger partial charge < -0.3 is 5.32 Å². The fourth-order valence-electron chi connectivity index (χ4n) is 1.36. The molecule has 4 nitrogen and oxygen atoms in total. The first-order valence-corrected chi connectivity index (χ1v) is 5.76. The summed E-state index contributed by atoms with van der Waals surface area (Å²) in [6.45, 7) is 5.00. The van der Waals surface area contributed by atoms with E-state index in [4.69, 9.17) is 11.6 Å². The molecule has 88 valence electrons. The predicted octanol–water partition coefficient (Wildman–Crippen LogP) is 1.74. The number of hydrogen-bond acceptors (Lipinski definition) is 2. The summed E-state index contributed by atoms with van der Waals surface area (Å²) in [7, 11) is 0. The lowest BCUT2D eigenvalue weighted by molar-refractivity contribution is 0.0947. The van der Waals surface area contributed by atoms with Crippen molar-refractivity contribution in [3.05, 3.63) is 29.6 Å². The zero-order chi connectivity index (χ0) is 12.0. The standard InChI is InChI=1S/C11H16ClN3O/c1-3-15-10(8-9(2)14-15)11(16)13-7-5-4-6-12/h4-5,8H,3,6-7H2,1-2H3,(H,13,16)/b5-4+. The Morgan fingerprint density at radius 2 is 2.38 bits per heavy atom. The number of rotatable bonds is 5. The third-order valence-corrected chi connectivity index (χ3v) is 2.25. The van der Waals surface area contributed by atoms with Gasteiger partial charge in [-0.2, -0.15) is 5.10 Å². The molecule has 16 heavy (non-hydrogen) atoms. The molecule has 0 unspecified atom stereocenters. The van der Waals surface area contributed by atoms with Gasteiger partial charge in [0.05, 0.1) is 5.69 Å². The Balaban J connectivity index is 2.61. The average Bonchev–Trinajstić information content (AvgIpc) is 2.65. The highest BCUT2D eigenvalue weighted by Crippen LogP contribution is 2.03. The van der Waals surface area contributed by atoms with Crippen LogP contribution < -0.4 is 5.32 Å². The van der Waals surface area contributed by atoms with Crippen LogP contribution in [-0.4, -0.2) is 28.1 Å². The second-order valence-corrected chi connectivity index (χ2v) is 3.63. The molecule has 0 aliphatic rings. The van der Waals surface area contributed by atoms with Crippen LogP contribution in [0.15, 0.2) is 18.2 Å². The number of aryl methyl sites for hydroxylation is 2. The summed E-state index contributed by atoms with van der Waals surface area (Å²) >= 11 is 5.47. The Hall–Kier alpha value is -1.29. The number of carbonyl (C=O) groups is 1. The molecular formula is C11H16ClN3O. The Labute approximate surface area is 100 Å². The van der Waals surface area contributed by atoms with Gasteiger partial charge in [-0.1, -0.05) is 12.2 Å². The van der Waals surface area contributed by atoms with Crippen molar-refractivity contribution in [1.29, 1.82) is 0 Å². The molecule has 1 amide bonds.